The minimum absolute atomic E-state index is 0.00468. The molecule has 0 aliphatic heterocycles. The van der Waals surface area contributed by atoms with Crippen molar-refractivity contribution in [2.24, 2.45) is 0 Å². The average Bonchev–Trinajstić information content (AvgIpc) is 3.19. The lowest BCUT2D eigenvalue weighted by Gasteiger charge is -2.13. The Kier molecular flexibility index (Phi) is 6.23. The lowest BCUT2D eigenvalue weighted by Crippen LogP contribution is -2.25. The van der Waals surface area contributed by atoms with E-state index in [0.29, 0.717) is 29.7 Å². The molecule has 33 heavy (non-hydrogen) atoms. The van der Waals surface area contributed by atoms with Gasteiger partial charge in [0.25, 0.3) is 5.91 Å². The van der Waals surface area contributed by atoms with Crippen LogP contribution in [0.5, 0.6) is 0 Å². The van der Waals surface area contributed by atoms with Gasteiger partial charge in [0, 0.05) is 35.7 Å². The predicted octanol–water partition coefficient (Wildman–Crippen LogP) is 3.91. The predicted molar refractivity (Wildman–Crippen MR) is 130 cm³/mol. The molecule has 2 heterocycles. The SMILES string of the molecule is CCS(=O)(=O)c1cccc(-c2cc(C(=O)NCCCO)c(C)c3[nH]c4ncc(C)cc4c23)c1. The van der Waals surface area contributed by atoms with Crippen molar-refractivity contribution >= 4 is 37.7 Å². The summed E-state index contributed by atoms with van der Waals surface area (Å²) in [6, 6.07) is 10.7. The summed E-state index contributed by atoms with van der Waals surface area (Å²) in [4.78, 5) is 21.1. The molecule has 0 aliphatic rings. The molecule has 0 aliphatic carbocycles. The van der Waals surface area contributed by atoms with Crippen molar-refractivity contribution in [2.75, 3.05) is 18.9 Å². The fourth-order valence-corrected chi connectivity index (χ4v) is 4.98. The van der Waals surface area contributed by atoms with Gasteiger partial charge in [-0.05, 0) is 66.8 Å². The van der Waals surface area contributed by atoms with E-state index in [1.165, 1.54) is 0 Å². The molecule has 2 aromatic heterocycles. The van der Waals surface area contributed by atoms with E-state index < -0.39 is 9.84 Å². The van der Waals surface area contributed by atoms with Crippen LogP contribution in [-0.4, -0.2) is 48.3 Å². The van der Waals surface area contributed by atoms with Gasteiger partial charge in [-0.25, -0.2) is 13.4 Å². The van der Waals surface area contributed by atoms with Gasteiger partial charge < -0.3 is 15.4 Å². The molecule has 172 valence electrons. The van der Waals surface area contributed by atoms with E-state index in [0.717, 1.165) is 33.0 Å². The monoisotopic (exact) mass is 465 g/mol. The summed E-state index contributed by atoms with van der Waals surface area (Å²) in [5.74, 6) is -0.238. The topological polar surface area (TPSA) is 112 Å². The first-order valence-electron chi connectivity index (χ1n) is 10.9. The van der Waals surface area contributed by atoms with Crippen LogP contribution in [0.3, 0.4) is 0 Å². The molecule has 3 N–H and O–H groups in total. The van der Waals surface area contributed by atoms with Gasteiger partial charge in [0.2, 0.25) is 0 Å². The Morgan fingerprint density at radius 2 is 1.97 bits per heavy atom. The van der Waals surface area contributed by atoms with Crippen LogP contribution in [0.2, 0.25) is 0 Å². The maximum atomic E-state index is 13.0. The zero-order valence-corrected chi connectivity index (χ0v) is 19.7. The minimum Gasteiger partial charge on any atom is -0.396 e. The van der Waals surface area contributed by atoms with Crippen LogP contribution >= 0.6 is 0 Å². The number of hydrogen-bond acceptors (Lipinski definition) is 5. The summed E-state index contributed by atoms with van der Waals surface area (Å²) in [6.07, 6.45) is 2.25. The number of aromatic nitrogens is 2. The number of aliphatic hydroxyl groups excluding tert-OH is 1. The summed E-state index contributed by atoms with van der Waals surface area (Å²) in [5, 5.41) is 13.7. The number of nitrogens with one attached hydrogen (secondary N) is 2. The molecule has 0 bridgehead atoms. The Labute approximate surface area is 192 Å². The maximum absolute atomic E-state index is 13.0. The van der Waals surface area contributed by atoms with Crippen molar-refractivity contribution in [1.82, 2.24) is 15.3 Å². The quantitative estimate of drug-likeness (QED) is 0.358. The molecule has 0 spiro atoms. The second-order valence-electron chi connectivity index (χ2n) is 8.14. The summed E-state index contributed by atoms with van der Waals surface area (Å²) in [5.41, 5.74) is 5.23. The molecule has 1 amide bonds. The first-order valence-corrected chi connectivity index (χ1v) is 12.6. The minimum atomic E-state index is -3.39. The summed E-state index contributed by atoms with van der Waals surface area (Å²) in [7, 11) is -3.39. The van der Waals surface area contributed by atoms with E-state index in [2.05, 4.69) is 15.3 Å². The number of hydrogen-bond donors (Lipinski definition) is 3. The van der Waals surface area contributed by atoms with Gasteiger partial charge in [0.05, 0.1) is 16.2 Å². The van der Waals surface area contributed by atoms with Crippen LogP contribution in [0.15, 0.2) is 47.5 Å². The van der Waals surface area contributed by atoms with Crippen LogP contribution in [0.25, 0.3) is 33.1 Å². The average molecular weight is 466 g/mol. The molecule has 0 saturated heterocycles. The third-order valence-electron chi connectivity index (χ3n) is 5.87. The Morgan fingerprint density at radius 3 is 2.70 bits per heavy atom. The van der Waals surface area contributed by atoms with Crippen LogP contribution < -0.4 is 5.32 Å². The van der Waals surface area contributed by atoms with Crippen molar-refractivity contribution in [2.45, 2.75) is 32.1 Å². The number of H-pyrrole nitrogens is 1. The van der Waals surface area contributed by atoms with E-state index in [1.807, 2.05) is 32.0 Å². The van der Waals surface area contributed by atoms with Gasteiger partial charge in [-0.3, -0.25) is 4.79 Å². The highest BCUT2D eigenvalue weighted by atomic mass is 32.2. The molecule has 7 nitrogen and oxygen atoms in total. The number of fused-ring (bicyclic) bond motifs is 3. The number of aromatic amines is 1. The molecule has 0 saturated carbocycles. The molecule has 4 rings (SSSR count). The van der Waals surface area contributed by atoms with E-state index in [-0.39, 0.29) is 23.2 Å². The Morgan fingerprint density at radius 1 is 1.18 bits per heavy atom. The van der Waals surface area contributed by atoms with Crippen LogP contribution in [-0.2, 0) is 9.84 Å². The molecule has 0 atom stereocenters. The van der Waals surface area contributed by atoms with E-state index >= 15 is 0 Å². The third kappa shape index (κ3) is 4.24. The van der Waals surface area contributed by atoms with E-state index in [1.54, 1.807) is 31.3 Å². The smallest absolute Gasteiger partial charge is 0.251 e. The third-order valence-corrected chi connectivity index (χ3v) is 7.61. The number of sulfone groups is 1. The highest BCUT2D eigenvalue weighted by Crippen LogP contribution is 2.38. The number of amides is 1. The highest BCUT2D eigenvalue weighted by Gasteiger charge is 2.21. The number of pyridine rings is 1. The van der Waals surface area contributed by atoms with Crippen molar-refractivity contribution in [3.63, 3.8) is 0 Å². The first kappa shape index (κ1) is 22.9. The van der Waals surface area contributed by atoms with Crippen molar-refractivity contribution in [3.8, 4) is 11.1 Å². The first-order chi connectivity index (χ1) is 15.8. The standard InChI is InChI=1S/C25H27N3O4S/c1-4-33(31,32)18-8-5-7-17(12-18)20-13-19(25(30)26-9-6-10-29)16(3)23-22(20)21-11-15(2)14-27-24(21)28-23/h5,7-8,11-14,29H,4,6,9-10H2,1-3H3,(H,26,30)(H,27,28). The zero-order chi connectivity index (χ0) is 23.8. The van der Waals surface area contributed by atoms with Crippen LogP contribution in [0.1, 0.15) is 34.8 Å². The highest BCUT2D eigenvalue weighted by molar-refractivity contribution is 7.91. The van der Waals surface area contributed by atoms with Gasteiger partial charge in [0.1, 0.15) is 5.65 Å². The van der Waals surface area contributed by atoms with Crippen molar-refractivity contribution in [3.05, 3.63) is 59.3 Å². The van der Waals surface area contributed by atoms with Gasteiger partial charge in [-0.1, -0.05) is 19.1 Å². The van der Waals surface area contributed by atoms with E-state index in [9.17, 15) is 13.2 Å². The fourth-order valence-electron chi connectivity index (χ4n) is 4.06. The normalized spacial score (nSPS) is 11.9. The fraction of sp³-hybridized carbons (Fsp3) is 0.280. The molecule has 4 aromatic rings. The molecule has 0 fully saturated rings. The number of nitrogens with zero attached hydrogens (tertiary/aromatic N) is 1. The second kappa shape index (κ2) is 8.96. The number of carbonyl (C=O) groups is 1. The zero-order valence-electron chi connectivity index (χ0n) is 18.9. The van der Waals surface area contributed by atoms with Gasteiger partial charge in [-0.15, -0.1) is 0 Å². The summed E-state index contributed by atoms with van der Waals surface area (Å²) >= 11 is 0. The van der Waals surface area contributed by atoms with Gasteiger partial charge in [0.15, 0.2) is 9.84 Å². The molecule has 0 radical (unpaired) electrons. The molecular weight excluding hydrogens is 438 g/mol. The van der Waals surface area contributed by atoms with E-state index in [4.69, 9.17) is 5.11 Å². The van der Waals surface area contributed by atoms with Gasteiger partial charge >= 0.3 is 0 Å². The van der Waals surface area contributed by atoms with Crippen LogP contribution in [0.4, 0.5) is 0 Å². The number of aliphatic hydroxyl groups is 1. The van der Waals surface area contributed by atoms with Crippen LogP contribution in [0, 0.1) is 13.8 Å². The molecule has 8 heteroatoms. The summed E-state index contributed by atoms with van der Waals surface area (Å²) in [6.45, 7) is 5.83. The summed E-state index contributed by atoms with van der Waals surface area (Å²) < 4.78 is 25.1. The largest absolute Gasteiger partial charge is 0.396 e. The lowest BCUT2D eigenvalue weighted by atomic mass is 9.93. The number of benzene rings is 2. The van der Waals surface area contributed by atoms with Crippen molar-refractivity contribution in [1.29, 1.82) is 0 Å². The molecular formula is C25H27N3O4S. The molecule has 2 aromatic carbocycles. The van der Waals surface area contributed by atoms with Crippen molar-refractivity contribution < 1.29 is 18.3 Å². The van der Waals surface area contributed by atoms with Gasteiger partial charge in [-0.2, -0.15) is 0 Å². The lowest BCUT2D eigenvalue weighted by molar-refractivity contribution is 0.0950. The maximum Gasteiger partial charge on any atom is 0.251 e. The second-order valence-corrected chi connectivity index (χ2v) is 10.4. The number of carbonyl (C=O) groups excluding carboxylic acids is 1. The Bertz CT molecular complexity index is 1470. The number of aryl methyl sites for hydroxylation is 2. The Hall–Kier alpha value is -3.23. The number of rotatable bonds is 7. The molecule has 0 unspecified atom stereocenters. The Balaban J connectivity index is 2.02.